The molecule has 2 aromatic heterocycles. The summed E-state index contributed by atoms with van der Waals surface area (Å²) in [6.07, 6.45) is 7.46. The van der Waals surface area contributed by atoms with E-state index < -0.39 is 17.2 Å². The highest BCUT2D eigenvalue weighted by molar-refractivity contribution is 5.93. The summed E-state index contributed by atoms with van der Waals surface area (Å²) in [4.78, 5) is 26.6. The molecule has 2 saturated heterocycles. The van der Waals surface area contributed by atoms with Crippen molar-refractivity contribution >= 4 is 5.91 Å². The number of aliphatic hydroxyl groups is 1. The molecule has 0 saturated carbocycles. The summed E-state index contributed by atoms with van der Waals surface area (Å²) in [5.74, 6) is 0.813. The molecule has 9 nitrogen and oxygen atoms in total. The third kappa shape index (κ3) is 3.89. The van der Waals surface area contributed by atoms with Crippen LogP contribution in [0.25, 0.3) is 0 Å². The number of H-pyrrole nitrogens is 1. The number of aromatic amines is 1. The molecule has 9 heteroatoms. The van der Waals surface area contributed by atoms with Crippen molar-refractivity contribution < 1.29 is 14.6 Å². The van der Waals surface area contributed by atoms with Crippen LogP contribution in [0.5, 0.6) is 0 Å². The van der Waals surface area contributed by atoms with Gasteiger partial charge in [0.05, 0.1) is 17.5 Å². The topological polar surface area (TPSA) is 108 Å². The number of aryl methyl sites for hydroxylation is 2. The third-order valence-electron chi connectivity index (χ3n) is 6.83. The zero-order valence-electron chi connectivity index (χ0n) is 18.0. The first-order valence-electron chi connectivity index (χ1n) is 10.7. The van der Waals surface area contributed by atoms with Crippen molar-refractivity contribution in [2.45, 2.75) is 56.8 Å². The zero-order valence-corrected chi connectivity index (χ0v) is 18.0. The van der Waals surface area contributed by atoms with Crippen LogP contribution in [0.2, 0.25) is 0 Å². The normalized spacial score (nSPS) is 26.7. The molecule has 0 aromatic carbocycles. The van der Waals surface area contributed by atoms with Crippen molar-refractivity contribution in [2.24, 2.45) is 7.05 Å². The number of aromatic nitrogens is 4. The number of imidazole rings is 2. The number of piperidine rings is 1. The SMILES string of the molecule is Cc1[nH]cnc1C(=O)N[C@]1(C)CCOC2(CCN(CCc3nccn3C)CC2)[C@H]1O. The van der Waals surface area contributed by atoms with Crippen molar-refractivity contribution in [3.63, 3.8) is 0 Å². The van der Waals surface area contributed by atoms with Crippen LogP contribution in [0.1, 0.15) is 48.2 Å². The number of carbonyl (C=O) groups excluding carboxylic acids is 1. The first-order chi connectivity index (χ1) is 14.3. The molecule has 30 heavy (non-hydrogen) atoms. The monoisotopic (exact) mass is 416 g/mol. The van der Waals surface area contributed by atoms with Gasteiger partial charge in [0.1, 0.15) is 17.6 Å². The Morgan fingerprint density at radius 1 is 1.37 bits per heavy atom. The van der Waals surface area contributed by atoms with Crippen LogP contribution in [0.3, 0.4) is 0 Å². The van der Waals surface area contributed by atoms with Gasteiger partial charge in [-0.15, -0.1) is 0 Å². The molecule has 2 atom stereocenters. The molecule has 1 amide bonds. The summed E-state index contributed by atoms with van der Waals surface area (Å²) >= 11 is 0. The van der Waals surface area contributed by atoms with Gasteiger partial charge in [-0.05, 0) is 33.1 Å². The fraction of sp³-hybridized carbons (Fsp3) is 0.667. The van der Waals surface area contributed by atoms with Gasteiger partial charge in [0, 0.05) is 57.8 Å². The van der Waals surface area contributed by atoms with Crippen molar-refractivity contribution in [3.05, 3.63) is 35.9 Å². The van der Waals surface area contributed by atoms with E-state index in [-0.39, 0.29) is 5.91 Å². The highest BCUT2D eigenvalue weighted by atomic mass is 16.5. The van der Waals surface area contributed by atoms with Crippen molar-refractivity contribution in [1.29, 1.82) is 0 Å². The first kappa shape index (κ1) is 21.0. The number of nitrogens with zero attached hydrogens (tertiary/aromatic N) is 4. The summed E-state index contributed by atoms with van der Waals surface area (Å²) in [5.41, 5.74) is -0.294. The highest BCUT2D eigenvalue weighted by Crippen LogP contribution is 2.40. The van der Waals surface area contributed by atoms with Crippen LogP contribution in [0.15, 0.2) is 18.7 Å². The molecule has 2 fully saturated rings. The van der Waals surface area contributed by atoms with Crippen molar-refractivity contribution in [3.8, 4) is 0 Å². The van der Waals surface area contributed by atoms with Crippen molar-refractivity contribution in [1.82, 2.24) is 29.7 Å². The second-order valence-electron chi connectivity index (χ2n) is 8.86. The fourth-order valence-electron chi connectivity index (χ4n) is 4.77. The van der Waals surface area contributed by atoms with Gasteiger partial charge in [-0.3, -0.25) is 4.79 Å². The quantitative estimate of drug-likeness (QED) is 0.665. The number of amides is 1. The lowest BCUT2D eigenvalue weighted by Crippen LogP contribution is -2.69. The summed E-state index contributed by atoms with van der Waals surface area (Å²) in [7, 11) is 2.01. The van der Waals surface area contributed by atoms with Crippen LogP contribution >= 0.6 is 0 Å². The van der Waals surface area contributed by atoms with Gasteiger partial charge < -0.3 is 29.6 Å². The standard InChI is InChI=1S/C21H32N6O3/c1-15-17(24-14-23-15)18(28)25-20(2)7-13-30-21(19(20)29)5-10-27(11-6-21)9-4-16-22-8-12-26(16)3/h8,12,14,19,29H,4-7,9-11,13H2,1-3H3,(H,23,24)(H,25,28)/t19-,20+/m0/s1. The van der Waals surface area contributed by atoms with Gasteiger partial charge in [0.15, 0.2) is 0 Å². The molecule has 0 aliphatic carbocycles. The molecule has 2 aliphatic heterocycles. The molecule has 0 unspecified atom stereocenters. The minimum atomic E-state index is -0.779. The zero-order chi connectivity index (χ0) is 21.4. The predicted molar refractivity (Wildman–Crippen MR) is 111 cm³/mol. The van der Waals surface area contributed by atoms with Crippen LogP contribution in [0, 0.1) is 6.92 Å². The van der Waals surface area contributed by atoms with E-state index in [0.29, 0.717) is 24.4 Å². The minimum absolute atomic E-state index is 0.264. The van der Waals surface area contributed by atoms with E-state index in [9.17, 15) is 9.90 Å². The molecular formula is C21H32N6O3. The third-order valence-corrected chi connectivity index (χ3v) is 6.83. The molecule has 3 N–H and O–H groups in total. The molecule has 4 rings (SSSR count). The lowest BCUT2D eigenvalue weighted by Gasteiger charge is -2.53. The number of carbonyl (C=O) groups is 1. The van der Waals surface area contributed by atoms with E-state index >= 15 is 0 Å². The fourth-order valence-corrected chi connectivity index (χ4v) is 4.77. The van der Waals surface area contributed by atoms with E-state index in [1.54, 1.807) is 0 Å². The lowest BCUT2D eigenvalue weighted by atomic mass is 9.73. The summed E-state index contributed by atoms with van der Waals surface area (Å²) < 4.78 is 8.21. The lowest BCUT2D eigenvalue weighted by molar-refractivity contribution is -0.205. The average Bonchev–Trinajstić information content (AvgIpc) is 3.34. The van der Waals surface area contributed by atoms with Gasteiger partial charge >= 0.3 is 0 Å². The molecule has 2 aromatic rings. The number of aliphatic hydroxyl groups excluding tert-OH is 1. The maximum atomic E-state index is 12.7. The van der Waals surface area contributed by atoms with E-state index in [1.807, 2.05) is 33.3 Å². The molecule has 1 spiro atoms. The van der Waals surface area contributed by atoms with Crippen LogP contribution in [-0.2, 0) is 18.2 Å². The van der Waals surface area contributed by atoms with Gasteiger partial charge in [0.2, 0.25) is 0 Å². The second-order valence-corrected chi connectivity index (χ2v) is 8.86. The largest absolute Gasteiger partial charge is 0.388 e. The Labute approximate surface area is 176 Å². The second kappa shape index (κ2) is 8.13. The number of ether oxygens (including phenoxy) is 1. The maximum Gasteiger partial charge on any atom is 0.272 e. The number of hydrogen-bond acceptors (Lipinski definition) is 6. The number of likely N-dealkylation sites (tertiary alicyclic amines) is 1. The van der Waals surface area contributed by atoms with Crippen LogP contribution in [0.4, 0.5) is 0 Å². The predicted octanol–water partition coefficient (Wildman–Crippen LogP) is 0.799. The van der Waals surface area contributed by atoms with E-state index in [0.717, 1.165) is 44.7 Å². The summed E-state index contributed by atoms with van der Waals surface area (Å²) in [5, 5.41) is 14.4. The van der Waals surface area contributed by atoms with Crippen LogP contribution < -0.4 is 5.32 Å². The summed E-state index contributed by atoms with van der Waals surface area (Å²) in [6.45, 7) is 6.88. The smallest absolute Gasteiger partial charge is 0.272 e. The van der Waals surface area contributed by atoms with Gasteiger partial charge in [-0.2, -0.15) is 0 Å². The van der Waals surface area contributed by atoms with E-state index in [2.05, 4.69) is 29.7 Å². The number of hydrogen-bond donors (Lipinski definition) is 3. The Hall–Kier alpha value is -2.23. The summed E-state index contributed by atoms with van der Waals surface area (Å²) in [6, 6.07) is 0. The highest BCUT2D eigenvalue weighted by Gasteiger charge is 2.53. The number of rotatable bonds is 5. The van der Waals surface area contributed by atoms with Crippen LogP contribution in [-0.4, -0.2) is 78.9 Å². The Bertz CT molecular complexity index is 885. The minimum Gasteiger partial charge on any atom is -0.388 e. The van der Waals surface area contributed by atoms with Gasteiger partial charge in [-0.1, -0.05) is 0 Å². The maximum absolute atomic E-state index is 12.7. The average molecular weight is 417 g/mol. The Kier molecular flexibility index (Phi) is 5.69. The first-order valence-corrected chi connectivity index (χ1v) is 10.7. The Balaban J connectivity index is 1.38. The van der Waals surface area contributed by atoms with E-state index in [1.165, 1.54) is 6.33 Å². The number of nitrogens with one attached hydrogen (secondary N) is 2. The molecule has 164 valence electrons. The van der Waals surface area contributed by atoms with Gasteiger partial charge in [-0.25, -0.2) is 9.97 Å². The Morgan fingerprint density at radius 2 is 2.13 bits per heavy atom. The molecule has 0 bridgehead atoms. The molecular weight excluding hydrogens is 384 g/mol. The Morgan fingerprint density at radius 3 is 2.77 bits per heavy atom. The van der Waals surface area contributed by atoms with Gasteiger partial charge in [0.25, 0.3) is 5.91 Å². The van der Waals surface area contributed by atoms with E-state index in [4.69, 9.17) is 4.74 Å². The molecule has 0 radical (unpaired) electrons. The van der Waals surface area contributed by atoms with Crippen molar-refractivity contribution in [2.75, 3.05) is 26.2 Å². The molecule has 4 heterocycles. The molecule has 2 aliphatic rings.